The minimum absolute atomic E-state index is 0.00938. The van der Waals surface area contributed by atoms with E-state index < -0.39 is 10.0 Å². The number of methoxy groups -OCH3 is 1. The second kappa shape index (κ2) is 7.94. The number of nitrogens with one attached hydrogen (secondary N) is 2. The van der Waals surface area contributed by atoms with Crippen LogP contribution >= 0.6 is 0 Å². The van der Waals surface area contributed by atoms with Gasteiger partial charge in [0.2, 0.25) is 10.0 Å². The highest BCUT2D eigenvalue weighted by atomic mass is 32.2. The van der Waals surface area contributed by atoms with Gasteiger partial charge in [-0.3, -0.25) is 4.79 Å². The molecule has 1 saturated carbocycles. The molecule has 1 aliphatic carbocycles. The molecule has 1 fully saturated rings. The maximum atomic E-state index is 12.5. The summed E-state index contributed by atoms with van der Waals surface area (Å²) < 4.78 is 34.3. The summed E-state index contributed by atoms with van der Waals surface area (Å²) in [5.74, 6) is 0.220. The largest absolute Gasteiger partial charge is 0.383 e. The molecule has 0 aliphatic heterocycles. The summed E-state index contributed by atoms with van der Waals surface area (Å²) in [5.41, 5.74) is 0.322. The van der Waals surface area contributed by atoms with Gasteiger partial charge in [-0.05, 0) is 31.0 Å². The second-order valence-corrected chi connectivity index (χ2v) is 7.80. The molecule has 1 aromatic carbocycles. The van der Waals surface area contributed by atoms with Crippen LogP contribution < -0.4 is 10.0 Å². The summed E-state index contributed by atoms with van der Waals surface area (Å²) in [6.07, 6.45) is 3.45. The van der Waals surface area contributed by atoms with E-state index in [0.29, 0.717) is 24.5 Å². The summed E-state index contributed by atoms with van der Waals surface area (Å²) in [6, 6.07) is 6.18. The van der Waals surface area contributed by atoms with Gasteiger partial charge in [0.1, 0.15) is 12.2 Å². The highest BCUT2D eigenvalue weighted by Gasteiger charge is 2.24. The van der Waals surface area contributed by atoms with Crippen LogP contribution in [0.4, 0.5) is 0 Å². The molecule has 9 nitrogen and oxygen atoms in total. The van der Waals surface area contributed by atoms with Gasteiger partial charge < -0.3 is 14.6 Å². The molecule has 1 amide bonds. The molecule has 0 bridgehead atoms. The minimum Gasteiger partial charge on any atom is -0.383 e. The quantitative estimate of drug-likeness (QED) is 0.647. The topological polar surface area (TPSA) is 115 Å². The molecular formula is C16H21N5O4S. The monoisotopic (exact) mass is 379 g/mol. The van der Waals surface area contributed by atoms with E-state index in [1.165, 1.54) is 18.5 Å². The van der Waals surface area contributed by atoms with Gasteiger partial charge in [-0.25, -0.2) is 13.1 Å². The van der Waals surface area contributed by atoms with Crippen LogP contribution in [-0.4, -0.2) is 48.8 Å². The van der Waals surface area contributed by atoms with E-state index in [9.17, 15) is 13.2 Å². The van der Waals surface area contributed by atoms with Gasteiger partial charge in [-0.1, -0.05) is 6.07 Å². The van der Waals surface area contributed by atoms with Gasteiger partial charge in [0, 0.05) is 25.3 Å². The molecule has 0 atom stereocenters. The molecule has 10 heteroatoms. The fourth-order valence-corrected chi connectivity index (χ4v) is 3.36. The van der Waals surface area contributed by atoms with Gasteiger partial charge in [0.05, 0.1) is 18.0 Å². The molecule has 2 N–H and O–H groups in total. The summed E-state index contributed by atoms with van der Waals surface area (Å²) in [4.78, 5) is 12.1. The Kier molecular flexibility index (Phi) is 5.64. The van der Waals surface area contributed by atoms with Crippen LogP contribution in [0.1, 0.15) is 29.0 Å². The van der Waals surface area contributed by atoms with Crippen molar-refractivity contribution >= 4 is 15.9 Å². The number of sulfonamides is 1. The summed E-state index contributed by atoms with van der Waals surface area (Å²) >= 11 is 0. The molecule has 1 aliphatic rings. The molecule has 140 valence electrons. The SMILES string of the molecule is COCCn1cnnc1CNS(=O)(=O)c1cccc(C(=O)NC2CC2)c1. The summed E-state index contributed by atoms with van der Waals surface area (Å²) in [5, 5.41) is 10.5. The normalized spacial score (nSPS) is 14.3. The highest BCUT2D eigenvalue weighted by molar-refractivity contribution is 7.89. The third kappa shape index (κ3) is 4.65. The number of amides is 1. The number of aromatic nitrogens is 3. The third-order valence-corrected chi connectivity index (χ3v) is 5.37. The molecule has 0 radical (unpaired) electrons. The number of carbonyl (C=O) groups excluding carboxylic acids is 1. The predicted octanol–water partition coefficient (Wildman–Crippen LogP) is 0.295. The van der Waals surface area contributed by atoms with Crippen LogP contribution in [-0.2, 0) is 27.8 Å². The van der Waals surface area contributed by atoms with Crippen LogP contribution in [0, 0.1) is 0 Å². The molecule has 0 spiro atoms. The summed E-state index contributed by atoms with van der Waals surface area (Å²) in [7, 11) is -2.20. The first-order valence-corrected chi connectivity index (χ1v) is 9.74. The Bertz CT molecular complexity index is 876. The lowest BCUT2D eigenvalue weighted by Gasteiger charge is -2.09. The second-order valence-electron chi connectivity index (χ2n) is 6.03. The Morgan fingerprint density at radius 3 is 2.92 bits per heavy atom. The summed E-state index contributed by atoms with van der Waals surface area (Å²) in [6.45, 7) is 0.984. The fraction of sp³-hybridized carbons (Fsp3) is 0.438. The molecule has 1 heterocycles. The Morgan fingerprint density at radius 1 is 1.38 bits per heavy atom. The predicted molar refractivity (Wildman–Crippen MR) is 92.9 cm³/mol. The molecule has 1 aromatic heterocycles. The van der Waals surface area contributed by atoms with Crippen molar-refractivity contribution in [2.75, 3.05) is 13.7 Å². The van der Waals surface area contributed by atoms with Crippen molar-refractivity contribution < 1.29 is 17.9 Å². The van der Waals surface area contributed by atoms with E-state index in [4.69, 9.17) is 4.74 Å². The van der Waals surface area contributed by atoms with Crippen molar-refractivity contribution in [1.82, 2.24) is 24.8 Å². The maximum Gasteiger partial charge on any atom is 0.251 e. The first-order valence-electron chi connectivity index (χ1n) is 8.26. The number of hydrogen-bond acceptors (Lipinski definition) is 6. The number of nitrogens with zero attached hydrogens (tertiary/aromatic N) is 3. The van der Waals surface area contributed by atoms with Gasteiger partial charge in [-0.15, -0.1) is 10.2 Å². The van der Waals surface area contributed by atoms with Crippen LogP contribution in [0.5, 0.6) is 0 Å². The number of benzene rings is 1. The lowest BCUT2D eigenvalue weighted by molar-refractivity contribution is 0.0951. The van der Waals surface area contributed by atoms with E-state index in [1.54, 1.807) is 23.8 Å². The molecule has 3 rings (SSSR count). The zero-order chi connectivity index (χ0) is 18.6. The van der Waals surface area contributed by atoms with Gasteiger partial charge in [0.15, 0.2) is 0 Å². The van der Waals surface area contributed by atoms with Crippen LogP contribution in [0.25, 0.3) is 0 Å². The molecular weight excluding hydrogens is 358 g/mol. The van der Waals surface area contributed by atoms with Crippen molar-refractivity contribution in [3.63, 3.8) is 0 Å². The van der Waals surface area contributed by atoms with Gasteiger partial charge >= 0.3 is 0 Å². The average Bonchev–Trinajstić information content (AvgIpc) is 3.33. The smallest absolute Gasteiger partial charge is 0.251 e. The van der Waals surface area contributed by atoms with Crippen molar-refractivity contribution in [3.05, 3.63) is 42.0 Å². The Balaban J connectivity index is 1.68. The molecule has 0 saturated heterocycles. The zero-order valence-corrected chi connectivity index (χ0v) is 15.2. The first-order chi connectivity index (χ1) is 12.5. The van der Waals surface area contributed by atoms with Crippen molar-refractivity contribution in [1.29, 1.82) is 0 Å². The fourth-order valence-electron chi connectivity index (χ4n) is 2.34. The first kappa shape index (κ1) is 18.5. The highest BCUT2D eigenvalue weighted by Crippen LogP contribution is 2.20. The van der Waals surface area contributed by atoms with Gasteiger partial charge in [0.25, 0.3) is 5.91 Å². The Hall–Kier alpha value is -2.30. The average molecular weight is 379 g/mol. The van der Waals surface area contributed by atoms with Crippen LogP contribution in [0.3, 0.4) is 0 Å². The molecule has 26 heavy (non-hydrogen) atoms. The van der Waals surface area contributed by atoms with E-state index >= 15 is 0 Å². The third-order valence-electron chi connectivity index (χ3n) is 3.97. The van der Waals surface area contributed by atoms with E-state index in [1.807, 2.05) is 0 Å². The van der Waals surface area contributed by atoms with E-state index in [2.05, 4.69) is 20.2 Å². The van der Waals surface area contributed by atoms with E-state index in [0.717, 1.165) is 12.8 Å². The Labute approximate surface area is 151 Å². The van der Waals surface area contributed by atoms with Gasteiger partial charge in [-0.2, -0.15) is 0 Å². The van der Waals surface area contributed by atoms with Crippen molar-refractivity contribution in [2.24, 2.45) is 0 Å². The number of rotatable bonds is 9. The van der Waals surface area contributed by atoms with Crippen LogP contribution in [0.15, 0.2) is 35.5 Å². The number of carbonyl (C=O) groups is 1. The standard InChI is InChI=1S/C16H21N5O4S/c1-25-8-7-21-11-17-20-15(21)10-18-26(23,24)14-4-2-3-12(9-14)16(22)19-13-5-6-13/h2-4,9,11,13,18H,5-8,10H2,1H3,(H,19,22). The zero-order valence-electron chi connectivity index (χ0n) is 14.4. The lowest BCUT2D eigenvalue weighted by Crippen LogP contribution is -2.27. The van der Waals surface area contributed by atoms with E-state index in [-0.39, 0.29) is 23.4 Å². The number of hydrogen-bond donors (Lipinski definition) is 2. The van der Waals surface area contributed by atoms with Crippen LogP contribution in [0.2, 0.25) is 0 Å². The van der Waals surface area contributed by atoms with Crippen molar-refractivity contribution in [2.45, 2.75) is 36.9 Å². The van der Waals surface area contributed by atoms with Crippen molar-refractivity contribution in [3.8, 4) is 0 Å². The lowest BCUT2D eigenvalue weighted by atomic mass is 10.2. The number of ether oxygens (including phenoxy) is 1. The Morgan fingerprint density at radius 2 is 2.19 bits per heavy atom. The molecule has 0 unspecified atom stereocenters. The minimum atomic E-state index is -3.78. The molecule has 2 aromatic rings. The maximum absolute atomic E-state index is 12.5.